The number of rotatable bonds is 6. The molecule has 1 aromatic heterocycles. The molecular formula is C17H27N3O. The Labute approximate surface area is 127 Å². The van der Waals surface area contributed by atoms with Crippen LogP contribution in [0.25, 0.3) is 0 Å². The van der Waals surface area contributed by atoms with Crippen LogP contribution >= 0.6 is 0 Å². The normalized spacial score (nSPS) is 24.8. The van der Waals surface area contributed by atoms with Gasteiger partial charge in [0.1, 0.15) is 0 Å². The molecule has 1 heterocycles. The van der Waals surface area contributed by atoms with Crippen molar-refractivity contribution in [1.82, 2.24) is 10.3 Å². The van der Waals surface area contributed by atoms with Gasteiger partial charge in [-0.2, -0.15) is 0 Å². The molecule has 3 unspecified atom stereocenters. The van der Waals surface area contributed by atoms with Crippen LogP contribution in [0, 0.1) is 11.8 Å². The van der Waals surface area contributed by atoms with Crippen molar-refractivity contribution in [2.45, 2.75) is 52.5 Å². The first-order valence-electron chi connectivity index (χ1n) is 8.16. The zero-order valence-electron chi connectivity index (χ0n) is 13.4. The standard InChI is InChI=1S/C17H27N3O/c1-4-9-19-16-11-18-10-8-14(16)17(21)20-15-7-6-13(5-2)12(15)3/h8,10-13,15,19H,4-7,9H2,1-3H3,(H,20,21). The van der Waals surface area contributed by atoms with Crippen LogP contribution < -0.4 is 10.6 Å². The number of nitrogens with zero attached hydrogens (tertiary/aromatic N) is 1. The van der Waals surface area contributed by atoms with Crippen molar-refractivity contribution >= 4 is 11.6 Å². The van der Waals surface area contributed by atoms with Crippen molar-refractivity contribution < 1.29 is 4.79 Å². The molecule has 1 aromatic rings. The van der Waals surface area contributed by atoms with E-state index in [1.54, 1.807) is 18.5 Å². The summed E-state index contributed by atoms with van der Waals surface area (Å²) < 4.78 is 0. The molecule has 2 rings (SSSR count). The molecule has 1 saturated carbocycles. The second-order valence-electron chi connectivity index (χ2n) is 6.03. The maximum atomic E-state index is 12.5. The van der Waals surface area contributed by atoms with Crippen LogP contribution in [0.3, 0.4) is 0 Å². The fraction of sp³-hybridized carbons (Fsp3) is 0.647. The lowest BCUT2D eigenvalue weighted by molar-refractivity contribution is 0.0927. The lowest BCUT2D eigenvalue weighted by Gasteiger charge is -2.21. The highest BCUT2D eigenvalue weighted by atomic mass is 16.1. The van der Waals surface area contributed by atoms with E-state index in [0.29, 0.717) is 17.5 Å². The molecule has 0 aliphatic heterocycles. The van der Waals surface area contributed by atoms with Crippen molar-refractivity contribution in [2.24, 2.45) is 11.8 Å². The fourth-order valence-electron chi connectivity index (χ4n) is 3.27. The van der Waals surface area contributed by atoms with Gasteiger partial charge in [0, 0.05) is 18.8 Å². The highest BCUT2D eigenvalue weighted by Crippen LogP contribution is 2.34. The summed E-state index contributed by atoms with van der Waals surface area (Å²) >= 11 is 0. The van der Waals surface area contributed by atoms with Gasteiger partial charge in [-0.05, 0) is 37.2 Å². The van der Waals surface area contributed by atoms with E-state index in [0.717, 1.165) is 31.0 Å². The minimum Gasteiger partial charge on any atom is -0.383 e. The summed E-state index contributed by atoms with van der Waals surface area (Å²) in [4.78, 5) is 16.7. The summed E-state index contributed by atoms with van der Waals surface area (Å²) in [6.07, 6.45) is 7.95. The number of aromatic nitrogens is 1. The van der Waals surface area contributed by atoms with Gasteiger partial charge in [-0.15, -0.1) is 0 Å². The van der Waals surface area contributed by atoms with Crippen molar-refractivity contribution in [2.75, 3.05) is 11.9 Å². The maximum Gasteiger partial charge on any atom is 0.253 e. The quantitative estimate of drug-likeness (QED) is 0.843. The lowest BCUT2D eigenvalue weighted by atomic mass is 9.93. The molecule has 2 N–H and O–H groups in total. The molecule has 1 fully saturated rings. The van der Waals surface area contributed by atoms with Crippen LogP contribution in [0.1, 0.15) is 56.8 Å². The Bertz CT molecular complexity index is 475. The summed E-state index contributed by atoms with van der Waals surface area (Å²) in [5.41, 5.74) is 1.53. The van der Waals surface area contributed by atoms with Crippen molar-refractivity contribution in [3.8, 4) is 0 Å². The van der Waals surface area contributed by atoms with Crippen molar-refractivity contribution in [3.63, 3.8) is 0 Å². The first-order valence-corrected chi connectivity index (χ1v) is 8.16. The number of pyridine rings is 1. The van der Waals surface area contributed by atoms with Gasteiger partial charge in [-0.3, -0.25) is 9.78 Å². The predicted molar refractivity (Wildman–Crippen MR) is 86.5 cm³/mol. The first-order chi connectivity index (χ1) is 10.2. The lowest BCUT2D eigenvalue weighted by Crippen LogP contribution is -2.37. The van der Waals surface area contributed by atoms with E-state index >= 15 is 0 Å². The van der Waals surface area contributed by atoms with Crippen LogP contribution in [0.5, 0.6) is 0 Å². The number of hydrogen-bond donors (Lipinski definition) is 2. The Balaban J connectivity index is 2.04. The average Bonchev–Trinajstić information content (AvgIpc) is 2.85. The topological polar surface area (TPSA) is 54.0 Å². The zero-order chi connectivity index (χ0) is 15.2. The third-order valence-electron chi connectivity index (χ3n) is 4.70. The van der Waals surface area contributed by atoms with Crippen LogP contribution in [-0.4, -0.2) is 23.5 Å². The molecule has 4 nitrogen and oxygen atoms in total. The van der Waals surface area contributed by atoms with Crippen LogP contribution in [0.2, 0.25) is 0 Å². The van der Waals surface area contributed by atoms with Gasteiger partial charge >= 0.3 is 0 Å². The molecule has 3 atom stereocenters. The van der Waals surface area contributed by atoms with Gasteiger partial charge < -0.3 is 10.6 Å². The summed E-state index contributed by atoms with van der Waals surface area (Å²) in [6.45, 7) is 7.45. The molecule has 0 radical (unpaired) electrons. The number of hydrogen-bond acceptors (Lipinski definition) is 3. The molecule has 1 aliphatic carbocycles. The fourth-order valence-corrected chi connectivity index (χ4v) is 3.27. The van der Waals surface area contributed by atoms with E-state index in [1.165, 1.54) is 12.8 Å². The average molecular weight is 289 g/mol. The monoisotopic (exact) mass is 289 g/mol. The highest BCUT2D eigenvalue weighted by molar-refractivity contribution is 5.99. The number of carbonyl (C=O) groups is 1. The summed E-state index contributed by atoms with van der Waals surface area (Å²) in [7, 11) is 0. The molecule has 0 saturated heterocycles. The molecular weight excluding hydrogens is 262 g/mol. The second kappa shape index (κ2) is 7.43. The molecule has 4 heteroatoms. The second-order valence-corrected chi connectivity index (χ2v) is 6.03. The SMILES string of the molecule is CCCNc1cnccc1C(=O)NC1CCC(CC)C1C. The molecule has 21 heavy (non-hydrogen) atoms. The van der Waals surface area contributed by atoms with Gasteiger partial charge in [-0.25, -0.2) is 0 Å². The molecule has 1 amide bonds. The van der Waals surface area contributed by atoms with E-state index in [4.69, 9.17) is 0 Å². The minimum atomic E-state index is 0.0182. The van der Waals surface area contributed by atoms with Gasteiger partial charge in [0.2, 0.25) is 0 Å². The number of carbonyl (C=O) groups excluding carboxylic acids is 1. The molecule has 116 valence electrons. The Morgan fingerprint density at radius 2 is 2.19 bits per heavy atom. The van der Waals surface area contributed by atoms with E-state index in [1.807, 2.05) is 0 Å². The Morgan fingerprint density at radius 1 is 1.38 bits per heavy atom. The van der Waals surface area contributed by atoms with Crippen LogP contribution in [-0.2, 0) is 0 Å². The molecule has 0 spiro atoms. The maximum absolute atomic E-state index is 12.5. The molecule has 1 aliphatic rings. The summed E-state index contributed by atoms with van der Waals surface area (Å²) in [6, 6.07) is 2.10. The van der Waals surface area contributed by atoms with Crippen LogP contribution in [0.4, 0.5) is 5.69 Å². The minimum absolute atomic E-state index is 0.0182. The molecule has 0 bridgehead atoms. The Hall–Kier alpha value is -1.58. The highest BCUT2D eigenvalue weighted by Gasteiger charge is 2.32. The van der Waals surface area contributed by atoms with Crippen LogP contribution in [0.15, 0.2) is 18.5 Å². The van der Waals surface area contributed by atoms with E-state index in [9.17, 15) is 4.79 Å². The number of nitrogens with one attached hydrogen (secondary N) is 2. The smallest absolute Gasteiger partial charge is 0.253 e. The van der Waals surface area contributed by atoms with Gasteiger partial charge in [0.15, 0.2) is 0 Å². The molecule has 0 aromatic carbocycles. The zero-order valence-corrected chi connectivity index (χ0v) is 13.4. The number of anilines is 1. The predicted octanol–water partition coefficient (Wildman–Crippen LogP) is 3.46. The first kappa shape index (κ1) is 15.8. The Kier molecular flexibility index (Phi) is 5.59. The third kappa shape index (κ3) is 3.74. The van der Waals surface area contributed by atoms with E-state index in [-0.39, 0.29) is 5.91 Å². The largest absolute Gasteiger partial charge is 0.383 e. The van der Waals surface area contributed by atoms with Crippen molar-refractivity contribution in [1.29, 1.82) is 0 Å². The summed E-state index contributed by atoms with van der Waals surface area (Å²) in [5, 5.41) is 6.50. The van der Waals surface area contributed by atoms with Gasteiger partial charge in [0.25, 0.3) is 5.91 Å². The van der Waals surface area contributed by atoms with Gasteiger partial charge in [-0.1, -0.05) is 27.2 Å². The number of amides is 1. The van der Waals surface area contributed by atoms with E-state index in [2.05, 4.69) is 36.4 Å². The van der Waals surface area contributed by atoms with Crippen molar-refractivity contribution in [3.05, 3.63) is 24.0 Å². The summed E-state index contributed by atoms with van der Waals surface area (Å²) in [5.74, 6) is 1.32. The third-order valence-corrected chi connectivity index (χ3v) is 4.70. The van der Waals surface area contributed by atoms with E-state index < -0.39 is 0 Å². The van der Waals surface area contributed by atoms with Gasteiger partial charge in [0.05, 0.1) is 17.4 Å². The Morgan fingerprint density at radius 3 is 2.86 bits per heavy atom.